The third-order valence-electron chi connectivity index (χ3n) is 2.31. The highest BCUT2D eigenvalue weighted by molar-refractivity contribution is 5.75. The molecule has 0 aliphatic heterocycles. The molecule has 0 heterocycles. The van der Waals surface area contributed by atoms with Gasteiger partial charge in [-0.1, -0.05) is 36.9 Å². The van der Waals surface area contributed by atoms with E-state index in [0.29, 0.717) is 11.7 Å². The second-order valence-electron chi connectivity index (χ2n) is 7.01. The van der Waals surface area contributed by atoms with Crippen LogP contribution in [-0.2, 0) is 4.84 Å². The monoisotopic (exact) mass is 289 g/mol. The highest BCUT2D eigenvalue weighted by atomic mass is 16.7. The molecule has 0 fully saturated rings. The number of benzene rings is 1. The molecule has 0 aromatic heterocycles. The van der Waals surface area contributed by atoms with E-state index < -0.39 is 0 Å². The number of hydroxylamine groups is 1. The standard InChI is InChI=1S/C17H27N3O/c1-13(14-11-9-8-10-12-14)20-21-15(18-16(2,3)4)19-17(5,6)7/h8-12,20H,1H2,2-7H3,(H,18,19). The lowest BCUT2D eigenvalue weighted by molar-refractivity contribution is 0.211. The molecule has 2 N–H and O–H groups in total. The van der Waals surface area contributed by atoms with Gasteiger partial charge in [-0.05, 0) is 41.5 Å². The first kappa shape index (κ1) is 17.1. The minimum Gasteiger partial charge on any atom is -0.343 e. The van der Waals surface area contributed by atoms with E-state index in [1.165, 1.54) is 0 Å². The number of rotatable bonds is 3. The number of hydrogen-bond donors (Lipinski definition) is 2. The average molecular weight is 289 g/mol. The van der Waals surface area contributed by atoms with E-state index >= 15 is 0 Å². The summed E-state index contributed by atoms with van der Waals surface area (Å²) in [5.41, 5.74) is 4.15. The minimum absolute atomic E-state index is 0.139. The van der Waals surface area contributed by atoms with Gasteiger partial charge in [0.05, 0.1) is 11.2 Å². The molecule has 0 aliphatic carbocycles. The minimum atomic E-state index is -0.233. The van der Waals surface area contributed by atoms with Gasteiger partial charge in [0.15, 0.2) is 0 Å². The molecular formula is C17H27N3O. The molecule has 0 atom stereocenters. The number of aliphatic imine (C=N–C) groups is 1. The average Bonchev–Trinajstić information content (AvgIpc) is 2.33. The van der Waals surface area contributed by atoms with Crippen molar-refractivity contribution in [3.05, 3.63) is 42.5 Å². The molecule has 21 heavy (non-hydrogen) atoms. The lowest BCUT2D eigenvalue weighted by atomic mass is 10.1. The molecular weight excluding hydrogens is 262 g/mol. The Kier molecular flexibility index (Phi) is 5.41. The summed E-state index contributed by atoms with van der Waals surface area (Å²) >= 11 is 0. The normalized spacial score (nSPS) is 12.8. The molecule has 0 aliphatic rings. The van der Waals surface area contributed by atoms with Crippen molar-refractivity contribution in [2.75, 3.05) is 0 Å². The van der Waals surface area contributed by atoms with Crippen LogP contribution in [0.1, 0.15) is 47.1 Å². The first-order chi connectivity index (χ1) is 9.57. The molecule has 0 amide bonds. The van der Waals surface area contributed by atoms with Crippen LogP contribution < -0.4 is 10.8 Å². The van der Waals surface area contributed by atoms with Crippen LogP contribution in [-0.4, -0.2) is 17.1 Å². The SMILES string of the molecule is C=C(NOC(=NC(C)(C)C)NC(C)(C)C)c1ccccc1. The highest BCUT2D eigenvalue weighted by Crippen LogP contribution is 2.11. The summed E-state index contributed by atoms with van der Waals surface area (Å²) < 4.78 is 0. The summed E-state index contributed by atoms with van der Waals surface area (Å²) in [7, 11) is 0. The van der Waals surface area contributed by atoms with Crippen molar-refractivity contribution < 1.29 is 4.84 Å². The Morgan fingerprint density at radius 3 is 2.10 bits per heavy atom. The van der Waals surface area contributed by atoms with Gasteiger partial charge in [0, 0.05) is 11.1 Å². The van der Waals surface area contributed by atoms with Gasteiger partial charge < -0.3 is 10.2 Å². The maximum Gasteiger partial charge on any atom is 0.312 e. The summed E-state index contributed by atoms with van der Waals surface area (Å²) in [6, 6.07) is 10.3. The zero-order valence-electron chi connectivity index (χ0n) is 13.9. The first-order valence-corrected chi connectivity index (χ1v) is 7.12. The zero-order chi connectivity index (χ0) is 16.1. The Balaban J connectivity index is 2.74. The Morgan fingerprint density at radius 1 is 1.05 bits per heavy atom. The quantitative estimate of drug-likeness (QED) is 0.506. The van der Waals surface area contributed by atoms with E-state index in [1.54, 1.807) is 0 Å². The summed E-state index contributed by atoms with van der Waals surface area (Å²) in [4.78, 5) is 10.1. The van der Waals surface area contributed by atoms with Crippen molar-refractivity contribution in [3.8, 4) is 0 Å². The maximum atomic E-state index is 5.60. The van der Waals surface area contributed by atoms with E-state index in [0.717, 1.165) is 5.56 Å². The van der Waals surface area contributed by atoms with Gasteiger partial charge in [-0.25, -0.2) is 10.5 Å². The maximum absolute atomic E-state index is 5.60. The first-order valence-electron chi connectivity index (χ1n) is 7.12. The van der Waals surface area contributed by atoms with E-state index in [-0.39, 0.29) is 11.1 Å². The van der Waals surface area contributed by atoms with Gasteiger partial charge in [0.2, 0.25) is 0 Å². The second-order valence-corrected chi connectivity index (χ2v) is 7.01. The predicted molar refractivity (Wildman–Crippen MR) is 89.8 cm³/mol. The third-order valence-corrected chi connectivity index (χ3v) is 2.31. The van der Waals surface area contributed by atoms with E-state index in [1.807, 2.05) is 51.1 Å². The van der Waals surface area contributed by atoms with Crippen LogP contribution in [0.3, 0.4) is 0 Å². The third kappa shape index (κ3) is 7.40. The largest absolute Gasteiger partial charge is 0.343 e. The number of nitrogens with zero attached hydrogens (tertiary/aromatic N) is 1. The molecule has 116 valence electrons. The lowest BCUT2D eigenvalue weighted by Gasteiger charge is -2.25. The fourth-order valence-corrected chi connectivity index (χ4v) is 1.51. The smallest absolute Gasteiger partial charge is 0.312 e. The molecule has 4 nitrogen and oxygen atoms in total. The van der Waals surface area contributed by atoms with Crippen LogP contribution in [0.25, 0.3) is 5.70 Å². The molecule has 1 aromatic carbocycles. The van der Waals surface area contributed by atoms with E-state index in [4.69, 9.17) is 4.84 Å². The van der Waals surface area contributed by atoms with E-state index in [2.05, 4.69) is 43.1 Å². The Morgan fingerprint density at radius 2 is 1.62 bits per heavy atom. The van der Waals surface area contributed by atoms with Crippen LogP contribution >= 0.6 is 0 Å². The molecule has 0 saturated carbocycles. The zero-order valence-corrected chi connectivity index (χ0v) is 13.9. The van der Waals surface area contributed by atoms with E-state index in [9.17, 15) is 0 Å². The highest BCUT2D eigenvalue weighted by Gasteiger charge is 2.17. The molecule has 4 heteroatoms. The molecule has 0 spiro atoms. The fraction of sp³-hybridized carbons (Fsp3) is 0.471. The van der Waals surface area contributed by atoms with Crippen LogP contribution in [0.5, 0.6) is 0 Å². The van der Waals surface area contributed by atoms with Crippen LogP contribution in [0, 0.1) is 0 Å². The molecule has 0 radical (unpaired) electrons. The summed E-state index contributed by atoms with van der Waals surface area (Å²) in [6.45, 7) is 16.2. The van der Waals surface area contributed by atoms with Crippen LogP contribution in [0.15, 0.2) is 41.9 Å². The van der Waals surface area contributed by atoms with Gasteiger partial charge in [-0.3, -0.25) is 0 Å². The number of hydrogen-bond acceptors (Lipinski definition) is 3. The summed E-state index contributed by atoms with van der Waals surface area (Å²) in [5, 5.41) is 3.24. The van der Waals surface area contributed by atoms with Gasteiger partial charge in [0.25, 0.3) is 0 Å². The van der Waals surface area contributed by atoms with Crippen molar-refractivity contribution in [2.24, 2.45) is 4.99 Å². The molecule has 0 saturated heterocycles. The second kappa shape index (κ2) is 6.66. The molecule has 1 rings (SSSR count). The Bertz CT molecular complexity index is 493. The predicted octanol–water partition coefficient (Wildman–Crippen LogP) is 3.72. The Hall–Kier alpha value is -1.97. The van der Waals surface area contributed by atoms with Crippen molar-refractivity contribution >= 4 is 11.7 Å². The van der Waals surface area contributed by atoms with Crippen LogP contribution in [0.4, 0.5) is 0 Å². The van der Waals surface area contributed by atoms with Crippen molar-refractivity contribution in [3.63, 3.8) is 0 Å². The summed E-state index contributed by atoms with van der Waals surface area (Å²) in [5.74, 6) is 0. The molecule has 1 aromatic rings. The van der Waals surface area contributed by atoms with Gasteiger partial charge in [0.1, 0.15) is 0 Å². The topological polar surface area (TPSA) is 45.6 Å². The van der Waals surface area contributed by atoms with Gasteiger partial charge in [-0.2, -0.15) is 0 Å². The fourth-order valence-electron chi connectivity index (χ4n) is 1.51. The van der Waals surface area contributed by atoms with Crippen molar-refractivity contribution in [2.45, 2.75) is 52.6 Å². The molecule has 0 bridgehead atoms. The van der Waals surface area contributed by atoms with Gasteiger partial charge >= 0.3 is 6.02 Å². The van der Waals surface area contributed by atoms with Crippen LogP contribution in [0.2, 0.25) is 0 Å². The van der Waals surface area contributed by atoms with Crippen molar-refractivity contribution in [1.29, 1.82) is 0 Å². The van der Waals surface area contributed by atoms with Crippen molar-refractivity contribution in [1.82, 2.24) is 10.8 Å². The number of amidine groups is 1. The lowest BCUT2D eigenvalue weighted by Crippen LogP contribution is -2.44. The van der Waals surface area contributed by atoms with Gasteiger partial charge in [-0.15, -0.1) is 0 Å². The summed E-state index contributed by atoms with van der Waals surface area (Å²) in [6.07, 6.45) is 0. The molecule has 0 unspecified atom stereocenters. The number of nitrogens with one attached hydrogen (secondary N) is 2. The Labute approximate surface area is 128 Å².